The van der Waals surface area contributed by atoms with Gasteiger partial charge in [0.2, 0.25) is 5.91 Å². The third-order valence-electron chi connectivity index (χ3n) is 4.62. The lowest BCUT2D eigenvalue weighted by Crippen LogP contribution is -2.36. The predicted octanol–water partition coefficient (Wildman–Crippen LogP) is 2.41. The SMILES string of the molecule is CC(C(=O)N1C[C@@H](N)[C@H](c2ccccc2)C1)C1CC1.Cl. The molecule has 3 rings (SSSR count). The van der Waals surface area contributed by atoms with Crippen molar-refractivity contribution in [1.29, 1.82) is 0 Å². The fraction of sp³-hybridized carbons (Fsp3) is 0.562. The van der Waals surface area contributed by atoms with Crippen LogP contribution in [0.25, 0.3) is 0 Å². The van der Waals surface area contributed by atoms with Crippen LogP contribution < -0.4 is 5.73 Å². The van der Waals surface area contributed by atoms with Gasteiger partial charge < -0.3 is 10.6 Å². The number of hydrogen-bond donors (Lipinski definition) is 1. The van der Waals surface area contributed by atoms with Crippen LogP contribution in [0.3, 0.4) is 0 Å². The number of amides is 1. The summed E-state index contributed by atoms with van der Waals surface area (Å²) in [5.74, 6) is 1.40. The third-order valence-corrected chi connectivity index (χ3v) is 4.62. The van der Waals surface area contributed by atoms with E-state index in [2.05, 4.69) is 19.1 Å². The first-order valence-corrected chi connectivity index (χ1v) is 7.26. The largest absolute Gasteiger partial charge is 0.340 e. The molecule has 1 aromatic carbocycles. The van der Waals surface area contributed by atoms with E-state index in [1.165, 1.54) is 18.4 Å². The first-order chi connectivity index (χ1) is 9.16. The van der Waals surface area contributed by atoms with Crippen molar-refractivity contribution in [1.82, 2.24) is 4.90 Å². The number of halogens is 1. The number of carbonyl (C=O) groups is 1. The maximum Gasteiger partial charge on any atom is 0.225 e. The average molecular weight is 295 g/mol. The molecule has 2 aliphatic rings. The molecule has 2 N–H and O–H groups in total. The van der Waals surface area contributed by atoms with Gasteiger partial charge >= 0.3 is 0 Å². The Labute approximate surface area is 126 Å². The number of benzene rings is 1. The Bertz CT molecular complexity index is 461. The Balaban J connectivity index is 0.00000147. The molecule has 0 bridgehead atoms. The Morgan fingerprint density at radius 1 is 1.25 bits per heavy atom. The van der Waals surface area contributed by atoms with E-state index in [4.69, 9.17) is 5.73 Å². The molecule has 1 saturated carbocycles. The molecule has 3 nitrogen and oxygen atoms in total. The summed E-state index contributed by atoms with van der Waals surface area (Å²) in [6.45, 7) is 3.55. The molecule has 1 aliphatic carbocycles. The number of rotatable bonds is 3. The van der Waals surface area contributed by atoms with Crippen molar-refractivity contribution in [2.45, 2.75) is 31.7 Å². The summed E-state index contributed by atoms with van der Waals surface area (Å²) in [4.78, 5) is 14.4. The minimum Gasteiger partial charge on any atom is -0.340 e. The highest BCUT2D eigenvalue weighted by Crippen LogP contribution is 2.38. The van der Waals surface area contributed by atoms with E-state index in [-0.39, 0.29) is 30.3 Å². The van der Waals surface area contributed by atoms with Crippen LogP contribution in [0, 0.1) is 11.8 Å². The van der Waals surface area contributed by atoms with E-state index in [1.54, 1.807) is 0 Å². The first-order valence-electron chi connectivity index (χ1n) is 7.26. The topological polar surface area (TPSA) is 46.3 Å². The molecule has 4 heteroatoms. The molecule has 0 spiro atoms. The molecule has 0 radical (unpaired) electrons. The van der Waals surface area contributed by atoms with Gasteiger partial charge in [0.1, 0.15) is 0 Å². The molecule has 20 heavy (non-hydrogen) atoms. The maximum atomic E-state index is 12.4. The molecule has 2 fully saturated rings. The summed E-state index contributed by atoms with van der Waals surface area (Å²) in [5.41, 5.74) is 7.49. The average Bonchev–Trinajstić information content (AvgIpc) is 3.21. The zero-order chi connectivity index (χ0) is 13.4. The van der Waals surface area contributed by atoms with Crippen molar-refractivity contribution < 1.29 is 4.79 Å². The molecule has 110 valence electrons. The third kappa shape index (κ3) is 2.99. The van der Waals surface area contributed by atoms with Crippen molar-refractivity contribution in [3.05, 3.63) is 35.9 Å². The molecule has 1 amide bonds. The van der Waals surface area contributed by atoms with Crippen LogP contribution in [0.15, 0.2) is 30.3 Å². The van der Waals surface area contributed by atoms with Gasteiger partial charge in [-0.3, -0.25) is 4.79 Å². The van der Waals surface area contributed by atoms with Gasteiger partial charge in [-0.15, -0.1) is 12.4 Å². The zero-order valence-electron chi connectivity index (χ0n) is 11.9. The molecular formula is C16H23ClN2O. The van der Waals surface area contributed by atoms with Crippen molar-refractivity contribution in [2.24, 2.45) is 17.6 Å². The lowest BCUT2D eigenvalue weighted by atomic mass is 9.95. The predicted molar refractivity (Wildman–Crippen MR) is 82.9 cm³/mol. The van der Waals surface area contributed by atoms with Gasteiger partial charge in [-0.1, -0.05) is 37.3 Å². The summed E-state index contributed by atoms with van der Waals surface area (Å²) < 4.78 is 0. The molecule has 1 saturated heterocycles. The molecule has 1 aromatic rings. The monoisotopic (exact) mass is 294 g/mol. The number of nitrogens with two attached hydrogens (primary N) is 1. The lowest BCUT2D eigenvalue weighted by molar-refractivity contribution is -0.134. The fourth-order valence-electron chi connectivity index (χ4n) is 3.15. The molecule has 0 aromatic heterocycles. The standard InChI is InChI=1S/C16H22N2O.ClH/c1-11(12-7-8-12)16(19)18-9-14(15(17)10-18)13-5-3-2-4-6-13;/h2-6,11-12,14-15H,7-10,17H2,1H3;1H/t11?,14-,15+;/m0./s1. The Hall–Kier alpha value is -1.06. The van der Waals surface area contributed by atoms with Crippen LogP contribution in [0.5, 0.6) is 0 Å². The molecule has 1 heterocycles. The van der Waals surface area contributed by atoms with Crippen LogP contribution in [0.4, 0.5) is 0 Å². The van der Waals surface area contributed by atoms with Gasteiger partial charge in [-0.25, -0.2) is 0 Å². The van der Waals surface area contributed by atoms with E-state index in [0.717, 1.165) is 6.54 Å². The minimum atomic E-state index is 0. The lowest BCUT2D eigenvalue weighted by Gasteiger charge is -2.20. The quantitative estimate of drug-likeness (QED) is 0.930. The summed E-state index contributed by atoms with van der Waals surface area (Å²) >= 11 is 0. The summed E-state index contributed by atoms with van der Waals surface area (Å²) in [7, 11) is 0. The van der Waals surface area contributed by atoms with Crippen LogP contribution in [-0.4, -0.2) is 29.9 Å². The van der Waals surface area contributed by atoms with Crippen molar-refractivity contribution in [3.8, 4) is 0 Å². The second-order valence-corrected chi connectivity index (χ2v) is 6.05. The molecule has 1 aliphatic heterocycles. The van der Waals surface area contributed by atoms with Gasteiger partial charge in [0, 0.05) is 31.0 Å². The van der Waals surface area contributed by atoms with Crippen LogP contribution in [-0.2, 0) is 4.79 Å². The van der Waals surface area contributed by atoms with Crippen LogP contribution >= 0.6 is 12.4 Å². The minimum absolute atomic E-state index is 0. The van der Waals surface area contributed by atoms with Gasteiger partial charge in [0.25, 0.3) is 0 Å². The molecule has 1 unspecified atom stereocenters. The van der Waals surface area contributed by atoms with Gasteiger partial charge in [-0.05, 0) is 24.3 Å². The van der Waals surface area contributed by atoms with Crippen LogP contribution in [0.1, 0.15) is 31.2 Å². The van der Waals surface area contributed by atoms with E-state index < -0.39 is 0 Å². The van der Waals surface area contributed by atoms with Crippen molar-refractivity contribution >= 4 is 18.3 Å². The highest BCUT2D eigenvalue weighted by molar-refractivity contribution is 5.85. The zero-order valence-corrected chi connectivity index (χ0v) is 12.7. The highest BCUT2D eigenvalue weighted by Gasteiger charge is 2.39. The fourth-order valence-corrected chi connectivity index (χ4v) is 3.15. The van der Waals surface area contributed by atoms with Crippen LogP contribution in [0.2, 0.25) is 0 Å². The second-order valence-electron chi connectivity index (χ2n) is 6.05. The van der Waals surface area contributed by atoms with E-state index in [9.17, 15) is 4.79 Å². The smallest absolute Gasteiger partial charge is 0.225 e. The first kappa shape index (κ1) is 15.3. The maximum absolute atomic E-state index is 12.4. The normalized spacial score (nSPS) is 27.0. The highest BCUT2D eigenvalue weighted by atomic mass is 35.5. The van der Waals surface area contributed by atoms with E-state index in [0.29, 0.717) is 18.4 Å². The van der Waals surface area contributed by atoms with Crippen molar-refractivity contribution in [2.75, 3.05) is 13.1 Å². The van der Waals surface area contributed by atoms with Crippen molar-refractivity contribution in [3.63, 3.8) is 0 Å². The molecule has 3 atom stereocenters. The number of carbonyl (C=O) groups excluding carboxylic acids is 1. The van der Waals surface area contributed by atoms with E-state index >= 15 is 0 Å². The number of hydrogen-bond acceptors (Lipinski definition) is 2. The number of nitrogens with zero attached hydrogens (tertiary/aromatic N) is 1. The Morgan fingerprint density at radius 2 is 1.90 bits per heavy atom. The van der Waals surface area contributed by atoms with E-state index in [1.807, 2.05) is 23.1 Å². The summed E-state index contributed by atoms with van der Waals surface area (Å²) in [6, 6.07) is 10.4. The molecular weight excluding hydrogens is 272 g/mol. The summed E-state index contributed by atoms with van der Waals surface area (Å²) in [5, 5.41) is 0. The Morgan fingerprint density at radius 3 is 2.50 bits per heavy atom. The van der Waals surface area contributed by atoms with Gasteiger partial charge in [0.05, 0.1) is 0 Å². The van der Waals surface area contributed by atoms with Gasteiger partial charge in [-0.2, -0.15) is 0 Å². The second kappa shape index (κ2) is 6.15. The number of likely N-dealkylation sites (tertiary alicyclic amines) is 1. The summed E-state index contributed by atoms with van der Waals surface area (Å²) in [6.07, 6.45) is 2.43. The Kier molecular flexibility index (Phi) is 4.71. The van der Waals surface area contributed by atoms with Gasteiger partial charge in [0.15, 0.2) is 0 Å².